The molecule has 1 aromatic carbocycles. The minimum atomic E-state index is -2.79. The van der Waals surface area contributed by atoms with Gasteiger partial charge in [-0.25, -0.2) is 19.9 Å². The van der Waals surface area contributed by atoms with Crippen molar-refractivity contribution in [1.29, 1.82) is 0 Å². The number of imidazole rings is 1. The number of nitrogens with one attached hydrogen (secondary N) is 1. The molecule has 0 aliphatic heterocycles. The monoisotopic (exact) mass is 543 g/mol. The van der Waals surface area contributed by atoms with Gasteiger partial charge in [-0.15, -0.1) is 0 Å². The largest absolute Gasteiger partial charge is 0.377 e. The van der Waals surface area contributed by atoms with Crippen molar-refractivity contribution in [2.75, 3.05) is 11.1 Å². The number of benzene rings is 1. The fraction of sp³-hybridized carbons (Fsp3) is 0.185. The van der Waals surface area contributed by atoms with Gasteiger partial charge in [0.25, 0.3) is 5.56 Å². The number of anilines is 2. The Balaban J connectivity index is 1.60. The summed E-state index contributed by atoms with van der Waals surface area (Å²) in [6.45, 7) is 1.01. The number of hydrogen-bond acceptors (Lipinski definition) is 8. The summed E-state index contributed by atoms with van der Waals surface area (Å²) in [4.78, 5) is 31.0. The highest BCUT2D eigenvalue weighted by Gasteiger charge is 2.21. The molecule has 0 saturated carbocycles. The van der Waals surface area contributed by atoms with Gasteiger partial charge >= 0.3 is 0 Å². The van der Waals surface area contributed by atoms with E-state index in [4.69, 9.17) is 21.4 Å². The van der Waals surface area contributed by atoms with Gasteiger partial charge in [0, 0.05) is 47.9 Å². The molecule has 1 unspecified atom stereocenters. The smallest absolute Gasteiger partial charge is 0.261 e. The Kier molecular flexibility index (Phi) is 5.00. The lowest BCUT2D eigenvalue weighted by Crippen LogP contribution is -2.21. The molecule has 6 rings (SSSR count). The van der Waals surface area contributed by atoms with Crippen LogP contribution in [0.5, 0.6) is 0 Å². The number of nitrogens with two attached hydrogens (primary N) is 1. The van der Waals surface area contributed by atoms with Gasteiger partial charge < -0.3 is 11.1 Å². The number of halogens is 1. The second-order valence-electron chi connectivity index (χ2n) is 9.31. The van der Waals surface area contributed by atoms with Crippen LogP contribution in [0.25, 0.3) is 39.1 Å². The van der Waals surface area contributed by atoms with Crippen molar-refractivity contribution in [3.05, 3.63) is 82.0 Å². The zero-order chi connectivity index (χ0) is 29.9. The van der Waals surface area contributed by atoms with Crippen molar-refractivity contribution in [1.82, 2.24) is 38.7 Å². The third kappa shape index (κ3) is 4.16. The number of rotatable bonds is 5. The lowest BCUT2D eigenvalue weighted by molar-refractivity contribution is 0.768. The van der Waals surface area contributed by atoms with Gasteiger partial charge in [0.15, 0.2) is 0 Å². The molecule has 3 N–H and O–H groups in total. The molecular formula is C27H25ClN10O. The third-order valence-corrected chi connectivity index (χ3v) is 6.75. The molecule has 5 aromatic heterocycles. The van der Waals surface area contributed by atoms with E-state index in [2.05, 4.69) is 30.4 Å². The average Bonchev–Trinajstić information content (AvgIpc) is 3.55. The van der Waals surface area contributed by atoms with Crippen LogP contribution in [0.2, 0.25) is 5.15 Å². The van der Waals surface area contributed by atoms with Crippen molar-refractivity contribution >= 4 is 39.8 Å². The summed E-state index contributed by atoms with van der Waals surface area (Å²) in [5.74, 6) is 0.0564. The van der Waals surface area contributed by atoms with Crippen LogP contribution in [-0.4, -0.2) is 38.7 Å². The molecule has 0 aliphatic carbocycles. The zero-order valence-electron chi connectivity index (χ0n) is 24.2. The molecule has 0 fully saturated rings. The molecule has 6 aromatic rings. The maximum absolute atomic E-state index is 13.9. The first-order chi connectivity index (χ1) is 19.9. The lowest BCUT2D eigenvalue weighted by Gasteiger charge is -2.21. The first kappa shape index (κ1) is 21.2. The maximum atomic E-state index is 13.9. The zero-order valence-corrected chi connectivity index (χ0v) is 22.0. The highest BCUT2D eigenvalue weighted by Crippen LogP contribution is 2.34. The van der Waals surface area contributed by atoms with E-state index in [-0.39, 0.29) is 28.7 Å². The molecule has 11 nitrogen and oxygen atoms in total. The summed E-state index contributed by atoms with van der Waals surface area (Å²) in [5.41, 5.74) is 9.86. The number of nitrogens with zero attached hydrogens (tertiary/aromatic N) is 8. The van der Waals surface area contributed by atoms with E-state index in [1.165, 1.54) is 18.7 Å². The van der Waals surface area contributed by atoms with Crippen LogP contribution in [0.4, 0.5) is 11.6 Å². The summed E-state index contributed by atoms with van der Waals surface area (Å²) >= 11 is 6.25. The Labute approximate surface area is 232 Å². The van der Waals surface area contributed by atoms with Crippen molar-refractivity contribution in [2.45, 2.75) is 19.9 Å². The minimum absolute atomic E-state index is 0.0564. The third-order valence-electron chi connectivity index (χ3n) is 6.54. The first-order valence-electron chi connectivity index (χ1n) is 13.5. The van der Waals surface area contributed by atoms with Gasteiger partial charge in [0.1, 0.15) is 22.8 Å². The minimum Gasteiger partial charge on any atom is -0.377 e. The van der Waals surface area contributed by atoms with Crippen LogP contribution in [0.15, 0.2) is 60.2 Å². The van der Waals surface area contributed by atoms with Crippen molar-refractivity contribution < 1.29 is 4.11 Å². The second kappa shape index (κ2) is 9.21. The van der Waals surface area contributed by atoms with Crippen LogP contribution in [0, 0.1) is 6.92 Å². The molecule has 0 bridgehead atoms. The van der Waals surface area contributed by atoms with Crippen LogP contribution in [-0.2, 0) is 14.0 Å². The Morgan fingerprint density at radius 3 is 2.62 bits per heavy atom. The fourth-order valence-electron chi connectivity index (χ4n) is 4.80. The second-order valence-corrected chi connectivity index (χ2v) is 9.69. The van der Waals surface area contributed by atoms with Crippen molar-refractivity contribution in [3.8, 4) is 22.5 Å². The number of fused-ring (bicyclic) bond motifs is 3. The van der Waals surface area contributed by atoms with Crippen LogP contribution < -0.4 is 16.6 Å². The standard InChI is InChI=1S/C27H25ClN10O/c1-14-7-18(15(2)34-20-5-6-21(28)35-22(20)17-11-33-36(3)12-17)24-19(8-14)26(39)37(4)25-23(32-13-38(24)25)16-9-30-27(29)31-10-16/h5-13,15,34H,1-4H3,(H2,29,30,31)/i4D3. The highest BCUT2D eigenvalue weighted by molar-refractivity contribution is 6.29. The van der Waals surface area contributed by atoms with Gasteiger partial charge in [0.2, 0.25) is 5.95 Å². The molecule has 39 heavy (non-hydrogen) atoms. The van der Waals surface area contributed by atoms with E-state index >= 15 is 0 Å². The average molecular weight is 544 g/mol. The molecule has 0 saturated heterocycles. The Bertz CT molecular complexity index is 2050. The van der Waals surface area contributed by atoms with E-state index in [0.717, 1.165) is 21.3 Å². The fourth-order valence-corrected chi connectivity index (χ4v) is 4.94. The number of hydrogen-bond donors (Lipinski definition) is 2. The number of aromatic nitrogens is 8. The van der Waals surface area contributed by atoms with Gasteiger partial charge in [-0.1, -0.05) is 17.7 Å². The molecular weight excluding hydrogens is 516 g/mol. The molecule has 12 heteroatoms. The Morgan fingerprint density at radius 2 is 1.90 bits per heavy atom. The summed E-state index contributed by atoms with van der Waals surface area (Å²) in [5, 5.41) is 8.33. The van der Waals surface area contributed by atoms with E-state index in [1.54, 1.807) is 27.4 Å². The van der Waals surface area contributed by atoms with Crippen molar-refractivity contribution in [2.24, 2.45) is 14.0 Å². The Morgan fingerprint density at radius 1 is 1.10 bits per heavy atom. The summed E-state index contributed by atoms with van der Waals surface area (Å²) in [7, 11) is 1.82. The molecule has 196 valence electrons. The van der Waals surface area contributed by atoms with Crippen molar-refractivity contribution in [3.63, 3.8) is 0 Å². The predicted octanol–water partition coefficient (Wildman–Crippen LogP) is 4.16. The SMILES string of the molecule is [2H]C([2H])([2H])n1c(=O)c2cc(C)cc(C(C)Nc3ccc(Cl)nc3-c3cnn(C)c3)c2n2cnc(-c3cnc(N)nc3)c12. The van der Waals surface area contributed by atoms with Crippen LogP contribution >= 0.6 is 11.6 Å². The van der Waals surface area contributed by atoms with Gasteiger partial charge in [0.05, 0.1) is 34.5 Å². The molecule has 5 heterocycles. The predicted molar refractivity (Wildman–Crippen MR) is 152 cm³/mol. The van der Waals surface area contributed by atoms with E-state index in [1.807, 2.05) is 39.2 Å². The van der Waals surface area contributed by atoms with Gasteiger partial charge in [-0.2, -0.15) is 5.10 Å². The van der Waals surface area contributed by atoms with E-state index in [0.29, 0.717) is 27.6 Å². The van der Waals surface area contributed by atoms with E-state index < -0.39 is 12.5 Å². The van der Waals surface area contributed by atoms with Crippen LogP contribution in [0.3, 0.4) is 0 Å². The molecule has 0 aliphatic rings. The maximum Gasteiger partial charge on any atom is 0.261 e. The van der Waals surface area contributed by atoms with Crippen LogP contribution in [0.1, 0.15) is 28.2 Å². The summed E-state index contributed by atoms with van der Waals surface area (Å²) < 4.78 is 28.8. The Hall–Kier alpha value is -4.77. The van der Waals surface area contributed by atoms with E-state index in [9.17, 15) is 4.79 Å². The van der Waals surface area contributed by atoms with Gasteiger partial charge in [-0.05, 0) is 43.2 Å². The number of pyridine rings is 1. The quantitative estimate of drug-likeness (QED) is 0.310. The highest BCUT2D eigenvalue weighted by atomic mass is 35.5. The topological polar surface area (TPSA) is 134 Å². The number of nitrogen functional groups attached to an aromatic ring is 1. The molecule has 1 atom stereocenters. The molecule has 0 spiro atoms. The lowest BCUT2D eigenvalue weighted by atomic mass is 10.0. The molecule has 0 amide bonds. The first-order valence-corrected chi connectivity index (χ1v) is 12.4. The number of aryl methyl sites for hydroxylation is 3. The normalized spacial score (nSPS) is 13.8. The van der Waals surface area contributed by atoms with Gasteiger partial charge in [-0.3, -0.25) is 18.4 Å². The molecule has 0 radical (unpaired) electrons. The summed E-state index contributed by atoms with van der Waals surface area (Å²) in [6, 6.07) is 6.79. The summed E-state index contributed by atoms with van der Waals surface area (Å²) in [6.07, 6.45) is 7.92.